The molecule has 0 spiro atoms. The fraction of sp³-hybridized carbons (Fsp3) is 0.231. The number of hydrogen-bond acceptors (Lipinski definition) is 5. The molecule has 1 aromatic heterocycles. The summed E-state index contributed by atoms with van der Waals surface area (Å²) in [6.07, 6.45) is 1.74. The molecule has 3 rings (SSSR count). The molecule has 0 fully saturated rings. The Morgan fingerprint density at radius 1 is 1.30 bits per heavy atom. The van der Waals surface area contributed by atoms with Gasteiger partial charge in [0.2, 0.25) is 5.91 Å². The molecule has 0 saturated carbocycles. The summed E-state index contributed by atoms with van der Waals surface area (Å²) in [5.41, 5.74) is 1.76. The van der Waals surface area contributed by atoms with Gasteiger partial charge in [0.15, 0.2) is 5.69 Å². The summed E-state index contributed by atoms with van der Waals surface area (Å²) in [5, 5.41) is 0. The van der Waals surface area contributed by atoms with Crippen molar-refractivity contribution in [2.75, 3.05) is 23.4 Å². The van der Waals surface area contributed by atoms with Crippen molar-refractivity contribution in [2.24, 2.45) is 0 Å². The maximum Gasteiger partial charge on any atom is 0.279 e. The van der Waals surface area contributed by atoms with Crippen molar-refractivity contribution in [3.8, 4) is 0 Å². The lowest BCUT2D eigenvalue weighted by molar-refractivity contribution is -0.118. The number of para-hydroxylation sites is 2. The number of fused-ring (bicyclic) bond motifs is 1. The van der Waals surface area contributed by atoms with Gasteiger partial charge in [-0.1, -0.05) is 12.1 Å². The number of carbonyl (C=O) groups excluding carboxylic acids is 2. The van der Waals surface area contributed by atoms with E-state index in [0.29, 0.717) is 12.2 Å². The third-order valence-electron chi connectivity index (χ3n) is 3.28. The second-order valence-corrected chi connectivity index (χ2v) is 5.00. The van der Waals surface area contributed by atoms with Crippen LogP contribution in [-0.2, 0) is 4.79 Å². The van der Waals surface area contributed by atoms with Gasteiger partial charge in [0, 0.05) is 20.0 Å². The highest BCUT2D eigenvalue weighted by Crippen LogP contribution is 2.32. The van der Waals surface area contributed by atoms with Crippen molar-refractivity contribution in [3.05, 3.63) is 36.2 Å². The van der Waals surface area contributed by atoms with Crippen LogP contribution in [0.4, 0.5) is 11.4 Å². The molecule has 0 N–H and O–H groups in total. The smallest absolute Gasteiger partial charge is 0.279 e. The van der Waals surface area contributed by atoms with Crippen LogP contribution in [0.15, 0.2) is 30.5 Å². The van der Waals surface area contributed by atoms with Gasteiger partial charge in [0.1, 0.15) is 0 Å². The van der Waals surface area contributed by atoms with Gasteiger partial charge in [-0.3, -0.25) is 9.59 Å². The van der Waals surface area contributed by atoms with Gasteiger partial charge in [0.25, 0.3) is 5.91 Å². The van der Waals surface area contributed by atoms with E-state index in [4.69, 9.17) is 0 Å². The maximum atomic E-state index is 12.5. The van der Waals surface area contributed by atoms with Gasteiger partial charge < -0.3 is 9.80 Å². The first kappa shape index (κ1) is 12.7. The van der Waals surface area contributed by atoms with Crippen LogP contribution in [0.3, 0.4) is 0 Å². The van der Waals surface area contributed by atoms with E-state index in [2.05, 4.69) is 8.75 Å². The monoisotopic (exact) mass is 288 g/mol. The summed E-state index contributed by atoms with van der Waals surface area (Å²) in [4.78, 5) is 27.7. The van der Waals surface area contributed by atoms with E-state index in [1.165, 1.54) is 6.20 Å². The first-order valence-corrected chi connectivity index (χ1v) is 6.86. The predicted octanol–water partition coefficient (Wildman–Crippen LogP) is 1.55. The Kier molecular flexibility index (Phi) is 3.19. The molecule has 1 aromatic carbocycles. The minimum Gasteiger partial charge on any atom is -0.313 e. The molecule has 1 aliphatic rings. The Morgan fingerprint density at radius 3 is 2.75 bits per heavy atom. The average Bonchev–Trinajstić information content (AvgIpc) is 2.97. The molecule has 0 unspecified atom stereocenters. The molecule has 0 radical (unpaired) electrons. The zero-order chi connectivity index (χ0) is 14.1. The van der Waals surface area contributed by atoms with Gasteiger partial charge in [0.05, 0.1) is 29.3 Å². The van der Waals surface area contributed by atoms with Crippen molar-refractivity contribution in [3.63, 3.8) is 0 Å². The largest absolute Gasteiger partial charge is 0.313 e. The maximum absolute atomic E-state index is 12.5. The molecule has 102 valence electrons. The van der Waals surface area contributed by atoms with E-state index in [1.807, 2.05) is 24.3 Å². The summed E-state index contributed by atoms with van der Waals surface area (Å²) in [6.45, 7) is 0.344. The van der Waals surface area contributed by atoms with Crippen molar-refractivity contribution < 1.29 is 9.59 Å². The molecule has 7 heteroatoms. The number of benzene rings is 1. The SMILES string of the molecule is CN1C(=O)CCN(C(=O)c2cnsn2)c2ccccc21. The van der Waals surface area contributed by atoms with Crippen molar-refractivity contribution in [1.82, 2.24) is 8.75 Å². The molecule has 0 bridgehead atoms. The Morgan fingerprint density at radius 2 is 2.05 bits per heavy atom. The van der Waals surface area contributed by atoms with Crippen LogP contribution in [0.25, 0.3) is 0 Å². The van der Waals surface area contributed by atoms with Crippen LogP contribution in [0.2, 0.25) is 0 Å². The van der Waals surface area contributed by atoms with Crippen LogP contribution in [0.1, 0.15) is 16.9 Å². The molecule has 2 aromatic rings. The predicted molar refractivity (Wildman–Crippen MR) is 76.1 cm³/mol. The third-order valence-corrected chi connectivity index (χ3v) is 3.76. The molecule has 2 heterocycles. The zero-order valence-corrected chi connectivity index (χ0v) is 11.6. The number of carbonyl (C=O) groups is 2. The molecule has 0 aliphatic carbocycles. The van der Waals surface area contributed by atoms with Crippen LogP contribution < -0.4 is 9.80 Å². The standard InChI is InChI=1S/C13H12N4O2S/c1-16-10-4-2-3-5-11(10)17(7-6-12(16)18)13(19)9-8-14-20-15-9/h2-5,8H,6-7H2,1H3. The average molecular weight is 288 g/mol. The number of aromatic nitrogens is 2. The molecule has 20 heavy (non-hydrogen) atoms. The summed E-state index contributed by atoms with van der Waals surface area (Å²) in [5.74, 6) is -0.238. The highest BCUT2D eigenvalue weighted by Gasteiger charge is 2.28. The lowest BCUT2D eigenvalue weighted by Gasteiger charge is -2.22. The van der Waals surface area contributed by atoms with Crippen LogP contribution in [0, 0.1) is 0 Å². The molecular weight excluding hydrogens is 276 g/mol. The van der Waals surface area contributed by atoms with Crippen LogP contribution in [-0.4, -0.2) is 34.2 Å². The van der Waals surface area contributed by atoms with E-state index >= 15 is 0 Å². The molecule has 0 saturated heterocycles. The van der Waals surface area contributed by atoms with E-state index in [0.717, 1.165) is 23.1 Å². The fourth-order valence-electron chi connectivity index (χ4n) is 2.21. The van der Waals surface area contributed by atoms with E-state index in [9.17, 15) is 9.59 Å². The molecular formula is C13H12N4O2S. The Bertz CT molecular complexity index is 656. The van der Waals surface area contributed by atoms with Crippen LogP contribution >= 0.6 is 11.7 Å². The summed E-state index contributed by atoms with van der Waals surface area (Å²) >= 11 is 0.995. The van der Waals surface area contributed by atoms with E-state index < -0.39 is 0 Å². The van der Waals surface area contributed by atoms with Gasteiger partial charge in [-0.25, -0.2) is 0 Å². The van der Waals surface area contributed by atoms with Crippen molar-refractivity contribution in [1.29, 1.82) is 0 Å². The minimum atomic E-state index is -0.227. The lowest BCUT2D eigenvalue weighted by Crippen LogP contribution is -2.32. The van der Waals surface area contributed by atoms with E-state index in [-0.39, 0.29) is 18.2 Å². The summed E-state index contributed by atoms with van der Waals surface area (Å²) in [7, 11) is 1.72. The van der Waals surface area contributed by atoms with Gasteiger partial charge in [-0.2, -0.15) is 8.75 Å². The first-order chi connectivity index (χ1) is 9.68. The van der Waals surface area contributed by atoms with Gasteiger partial charge >= 0.3 is 0 Å². The quantitative estimate of drug-likeness (QED) is 0.798. The Labute approximate surface area is 120 Å². The number of nitrogens with zero attached hydrogens (tertiary/aromatic N) is 4. The Balaban J connectivity index is 2.06. The molecule has 2 amide bonds. The fourth-order valence-corrected chi connectivity index (χ4v) is 2.62. The number of hydrogen-bond donors (Lipinski definition) is 0. The molecule has 6 nitrogen and oxygen atoms in total. The highest BCUT2D eigenvalue weighted by molar-refractivity contribution is 6.99. The normalized spacial score (nSPS) is 14.9. The summed E-state index contributed by atoms with van der Waals surface area (Å²) < 4.78 is 7.83. The zero-order valence-electron chi connectivity index (χ0n) is 10.8. The van der Waals surface area contributed by atoms with Crippen molar-refractivity contribution in [2.45, 2.75) is 6.42 Å². The van der Waals surface area contributed by atoms with Gasteiger partial charge in [-0.05, 0) is 12.1 Å². The van der Waals surface area contributed by atoms with Crippen molar-refractivity contribution >= 4 is 34.9 Å². The first-order valence-electron chi connectivity index (χ1n) is 6.13. The third kappa shape index (κ3) is 2.05. The minimum absolute atomic E-state index is 0.0100. The molecule has 0 atom stereocenters. The Hall–Kier alpha value is -2.28. The molecule has 1 aliphatic heterocycles. The lowest BCUT2D eigenvalue weighted by atomic mass is 10.2. The van der Waals surface area contributed by atoms with Gasteiger partial charge in [-0.15, -0.1) is 0 Å². The second kappa shape index (κ2) is 5.01. The number of amides is 2. The highest BCUT2D eigenvalue weighted by atomic mass is 32.1. The topological polar surface area (TPSA) is 66.4 Å². The second-order valence-electron chi connectivity index (χ2n) is 4.44. The van der Waals surface area contributed by atoms with Crippen LogP contribution in [0.5, 0.6) is 0 Å². The summed E-state index contributed by atoms with van der Waals surface area (Å²) in [6, 6.07) is 7.36. The van der Waals surface area contributed by atoms with E-state index in [1.54, 1.807) is 16.8 Å². The number of rotatable bonds is 1. The number of anilines is 2.